The van der Waals surface area contributed by atoms with Crippen molar-refractivity contribution in [3.05, 3.63) is 57.1 Å². The van der Waals surface area contributed by atoms with Crippen molar-refractivity contribution in [2.24, 2.45) is 13.0 Å². The number of piperidine rings is 1. The van der Waals surface area contributed by atoms with Gasteiger partial charge in [-0.3, -0.25) is 18.8 Å². The van der Waals surface area contributed by atoms with Crippen molar-refractivity contribution in [3.63, 3.8) is 0 Å². The van der Waals surface area contributed by atoms with Crippen LogP contribution in [0.1, 0.15) is 30.7 Å². The van der Waals surface area contributed by atoms with Crippen molar-refractivity contribution < 1.29 is 4.79 Å². The highest BCUT2D eigenvalue weighted by molar-refractivity contribution is 7.10. The fraction of sp³-hybridized carbons (Fsp3) is 0.455. The van der Waals surface area contributed by atoms with E-state index < -0.39 is 0 Å². The molecule has 7 heteroatoms. The number of carbonyl (C=O) groups is 1. The van der Waals surface area contributed by atoms with Gasteiger partial charge in [0.05, 0.1) is 17.1 Å². The zero-order valence-electron chi connectivity index (χ0n) is 17.0. The predicted octanol–water partition coefficient (Wildman–Crippen LogP) is 2.99. The van der Waals surface area contributed by atoms with Gasteiger partial charge in [-0.25, -0.2) is 4.79 Å². The number of hydrogen-bond donors (Lipinski definition) is 1. The molecule has 4 rings (SSSR count). The first kappa shape index (κ1) is 19.9. The average molecular weight is 413 g/mol. The lowest BCUT2D eigenvalue weighted by Gasteiger charge is -2.36. The van der Waals surface area contributed by atoms with Crippen LogP contribution in [0.15, 0.2) is 46.6 Å². The molecule has 6 nitrogen and oxygen atoms in total. The topological polar surface area (TPSA) is 59.3 Å². The summed E-state index contributed by atoms with van der Waals surface area (Å²) in [6.45, 7) is 5.02. The Morgan fingerprint density at radius 2 is 1.90 bits per heavy atom. The van der Waals surface area contributed by atoms with Gasteiger partial charge in [-0.1, -0.05) is 25.1 Å². The van der Waals surface area contributed by atoms with Crippen LogP contribution in [0.3, 0.4) is 0 Å². The maximum absolute atomic E-state index is 12.7. The smallest absolute Gasteiger partial charge is 0.329 e. The minimum atomic E-state index is -0.166. The van der Waals surface area contributed by atoms with Crippen LogP contribution in [0, 0.1) is 5.92 Å². The minimum absolute atomic E-state index is 0.0361. The fourth-order valence-electron chi connectivity index (χ4n) is 4.16. The van der Waals surface area contributed by atoms with E-state index in [2.05, 4.69) is 34.7 Å². The van der Waals surface area contributed by atoms with Crippen molar-refractivity contribution >= 4 is 28.3 Å². The molecule has 3 aromatic rings. The maximum atomic E-state index is 12.7. The molecular formula is C22H28N4O2S. The second-order valence-electron chi connectivity index (χ2n) is 7.97. The van der Waals surface area contributed by atoms with Crippen LogP contribution in [0.5, 0.6) is 0 Å². The number of fused-ring (bicyclic) bond motifs is 1. The Kier molecular flexibility index (Phi) is 5.87. The van der Waals surface area contributed by atoms with E-state index in [0.717, 1.165) is 30.0 Å². The molecule has 1 amide bonds. The number of nitrogens with zero attached hydrogens (tertiary/aromatic N) is 3. The van der Waals surface area contributed by atoms with Gasteiger partial charge in [0, 0.05) is 18.5 Å². The molecule has 0 bridgehead atoms. The average Bonchev–Trinajstić information content (AvgIpc) is 3.34. The molecule has 29 heavy (non-hydrogen) atoms. The SMILES string of the molecule is CC1CCN([C@@H](CNC(=O)Cn2c(=O)n(C)c3ccccc32)c2cccs2)CC1. The van der Waals surface area contributed by atoms with Gasteiger partial charge in [0.25, 0.3) is 0 Å². The lowest BCUT2D eigenvalue weighted by Crippen LogP contribution is -2.42. The minimum Gasteiger partial charge on any atom is -0.353 e. The summed E-state index contributed by atoms with van der Waals surface area (Å²) < 4.78 is 3.14. The normalized spacial score (nSPS) is 16.9. The first-order valence-corrected chi connectivity index (χ1v) is 11.1. The zero-order valence-corrected chi connectivity index (χ0v) is 17.8. The molecule has 1 fully saturated rings. The number of aromatic nitrogens is 2. The zero-order chi connectivity index (χ0) is 20.4. The van der Waals surface area contributed by atoms with Crippen LogP contribution in [0.4, 0.5) is 0 Å². The van der Waals surface area contributed by atoms with E-state index in [4.69, 9.17) is 0 Å². The van der Waals surface area contributed by atoms with Gasteiger partial charge < -0.3 is 5.32 Å². The van der Waals surface area contributed by atoms with Crippen molar-refractivity contribution in [1.29, 1.82) is 0 Å². The number of thiophene rings is 1. The third-order valence-corrected chi connectivity index (χ3v) is 6.95. The van der Waals surface area contributed by atoms with Gasteiger partial charge in [0.15, 0.2) is 0 Å². The molecule has 0 aliphatic carbocycles. The first-order chi connectivity index (χ1) is 14.0. The molecule has 154 valence electrons. The Morgan fingerprint density at radius 1 is 1.17 bits per heavy atom. The van der Waals surface area contributed by atoms with E-state index in [1.807, 2.05) is 24.3 Å². The summed E-state index contributed by atoms with van der Waals surface area (Å²) >= 11 is 1.74. The third-order valence-electron chi connectivity index (χ3n) is 5.98. The highest BCUT2D eigenvalue weighted by Crippen LogP contribution is 2.29. The lowest BCUT2D eigenvalue weighted by molar-refractivity contribution is -0.122. The van der Waals surface area contributed by atoms with E-state index in [-0.39, 0.29) is 24.2 Å². The van der Waals surface area contributed by atoms with Crippen molar-refractivity contribution in [2.45, 2.75) is 32.4 Å². The van der Waals surface area contributed by atoms with Gasteiger partial charge in [-0.05, 0) is 55.4 Å². The van der Waals surface area contributed by atoms with Crippen LogP contribution >= 0.6 is 11.3 Å². The Hall–Kier alpha value is -2.38. The summed E-state index contributed by atoms with van der Waals surface area (Å²) in [4.78, 5) is 29.1. The van der Waals surface area contributed by atoms with Crippen LogP contribution in [-0.2, 0) is 18.4 Å². The lowest BCUT2D eigenvalue weighted by atomic mass is 9.97. The summed E-state index contributed by atoms with van der Waals surface area (Å²) in [5.41, 5.74) is 1.46. The highest BCUT2D eigenvalue weighted by atomic mass is 32.1. The summed E-state index contributed by atoms with van der Waals surface area (Å²) in [5, 5.41) is 5.18. The Balaban J connectivity index is 1.46. The number of amides is 1. The number of rotatable bonds is 6. The number of hydrogen-bond acceptors (Lipinski definition) is 4. The number of aryl methyl sites for hydroxylation is 1. The molecule has 0 unspecified atom stereocenters. The van der Waals surface area contributed by atoms with E-state index >= 15 is 0 Å². The Bertz CT molecular complexity index is 1030. The maximum Gasteiger partial charge on any atom is 0.329 e. The monoisotopic (exact) mass is 412 g/mol. The van der Waals surface area contributed by atoms with Gasteiger partial charge in [0.2, 0.25) is 5.91 Å². The van der Waals surface area contributed by atoms with Gasteiger partial charge in [-0.2, -0.15) is 0 Å². The number of nitrogens with one attached hydrogen (secondary N) is 1. The number of imidazole rings is 1. The second-order valence-corrected chi connectivity index (χ2v) is 8.95. The van der Waals surface area contributed by atoms with Gasteiger partial charge >= 0.3 is 5.69 Å². The molecule has 3 heterocycles. The molecule has 1 aliphatic heterocycles. The van der Waals surface area contributed by atoms with Crippen molar-refractivity contribution in [2.75, 3.05) is 19.6 Å². The molecule has 2 aromatic heterocycles. The molecular weight excluding hydrogens is 384 g/mol. The number of carbonyl (C=O) groups excluding carboxylic acids is 1. The number of likely N-dealkylation sites (tertiary alicyclic amines) is 1. The van der Waals surface area contributed by atoms with Crippen LogP contribution < -0.4 is 11.0 Å². The van der Waals surface area contributed by atoms with E-state index in [0.29, 0.717) is 6.54 Å². The molecule has 1 aromatic carbocycles. The molecule has 0 saturated carbocycles. The van der Waals surface area contributed by atoms with E-state index in [1.54, 1.807) is 27.5 Å². The van der Waals surface area contributed by atoms with Gasteiger partial charge in [-0.15, -0.1) is 11.3 Å². The second kappa shape index (κ2) is 8.55. The largest absolute Gasteiger partial charge is 0.353 e. The standard InChI is InChI=1S/C22H28N4O2S/c1-16-9-11-25(12-10-16)19(20-8-5-13-29-20)14-23-21(27)15-26-18-7-4-3-6-17(18)24(2)22(26)28/h3-8,13,16,19H,9-12,14-15H2,1-2H3,(H,23,27)/t19-/m0/s1. The summed E-state index contributed by atoms with van der Waals surface area (Å²) in [6, 6.07) is 12.0. The summed E-state index contributed by atoms with van der Waals surface area (Å²) in [6.07, 6.45) is 2.39. The summed E-state index contributed by atoms with van der Waals surface area (Å²) in [7, 11) is 1.74. The molecule has 1 atom stereocenters. The Morgan fingerprint density at radius 3 is 2.59 bits per heavy atom. The quantitative estimate of drug-likeness (QED) is 0.677. The van der Waals surface area contributed by atoms with Gasteiger partial charge in [0.1, 0.15) is 6.54 Å². The molecule has 1 N–H and O–H groups in total. The van der Waals surface area contributed by atoms with Crippen molar-refractivity contribution in [3.8, 4) is 0 Å². The first-order valence-electron chi connectivity index (χ1n) is 10.2. The van der Waals surface area contributed by atoms with E-state index in [9.17, 15) is 9.59 Å². The van der Waals surface area contributed by atoms with Crippen LogP contribution in [0.25, 0.3) is 11.0 Å². The third kappa shape index (κ3) is 4.16. The fourth-order valence-corrected chi connectivity index (χ4v) is 5.02. The summed E-state index contributed by atoms with van der Waals surface area (Å²) in [5.74, 6) is 0.637. The predicted molar refractivity (Wildman–Crippen MR) is 117 cm³/mol. The van der Waals surface area contributed by atoms with E-state index in [1.165, 1.54) is 17.7 Å². The van der Waals surface area contributed by atoms with Crippen LogP contribution in [0.2, 0.25) is 0 Å². The molecule has 0 spiro atoms. The van der Waals surface area contributed by atoms with Crippen LogP contribution in [-0.4, -0.2) is 39.6 Å². The number of para-hydroxylation sites is 2. The Labute approximate surface area is 174 Å². The molecule has 1 aliphatic rings. The van der Waals surface area contributed by atoms with Crippen molar-refractivity contribution in [1.82, 2.24) is 19.4 Å². The highest BCUT2D eigenvalue weighted by Gasteiger charge is 2.26. The number of benzene rings is 1. The molecule has 1 saturated heterocycles. The molecule has 0 radical (unpaired) electrons.